The maximum Gasteiger partial charge on any atom is 0.311 e. The third kappa shape index (κ3) is 4.39. The molecule has 7 rings (SSSR count). The third-order valence-corrected chi connectivity index (χ3v) is 10.3. The molecule has 1 saturated carbocycles. The Bertz CT molecular complexity index is 1410. The topological polar surface area (TPSA) is 59.1 Å². The highest BCUT2D eigenvalue weighted by atomic mass is 16.5. The van der Waals surface area contributed by atoms with E-state index in [0.29, 0.717) is 19.1 Å². The van der Waals surface area contributed by atoms with Gasteiger partial charge in [0.05, 0.1) is 37.7 Å². The lowest BCUT2D eigenvalue weighted by atomic mass is 9.62. The van der Waals surface area contributed by atoms with E-state index in [1.807, 2.05) is 47.4 Å². The summed E-state index contributed by atoms with van der Waals surface area (Å²) >= 11 is 0. The number of para-hydroxylation sites is 1. The fourth-order valence-electron chi connectivity index (χ4n) is 8.45. The summed E-state index contributed by atoms with van der Waals surface area (Å²) in [6.07, 6.45) is 3.31. The highest BCUT2D eigenvalue weighted by Gasteiger charge is 2.63. The van der Waals surface area contributed by atoms with E-state index in [1.165, 1.54) is 7.11 Å². The number of carbonyl (C=O) groups is 2. The lowest BCUT2D eigenvalue weighted by Crippen LogP contribution is -2.58. The zero-order chi connectivity index (χ0) is 28.0. The minimum Gasteiger partial charge on any atom is -0.469 e. The second kappa shape index (κ2) is 10.7. The number of nitrogens with zero attached hydrogens (tertiary/aromatic N) is 2. The van der Waals surface area contributed by atoms with Crippen molar-refractivity contribution < 1.29 is 19.1 Å². The first-order chi connectivity index (χ1) is 20.1. The van der Waals surface area contributed by atoms with Crippen LogP contribution in [0, 0.1) is 17.8 Å². The Morgan fingerprint density at radius 1 is 0.927 bits per heavy atom. The predicted octanol–water partition coefficient (Wildman–Crippen LogP) is 5.35. The van der Waals surface area contributed by atoms with Crippen molar-refractivity contribution >= 4 is 17.6 Å². The third-order valence-electron chi connectivity index (χ3n) is 10.3. The first-order valence-electron chi connectivity index (χ1n) is 15.0. The van der Waals surface area contributed by atoms with Crippen LogP contribution in [0.5, 0.6) is 0 Å². The molecule has 212 valence electrons. The number of esters is 1. The van der Waals surface area contributed by atoms with Gasteiger partial charge >= 0.3 is 5.97 Å². The Morgan fingerprint density at radius 3 is 2.39 bits per heavy atom. The number of fused-ring (bicyclic) bond motifs is 5. The van der Waals surface area contributed by atoms with Gasteiger partial charge in [-0.15, -0.1) is 0 Å². The SMILES string of the molecule is COC(=O)[C@@H]1[C@H]2C[C@@H]3N(CC[C@@]34C(=O)N(Cc3ccccc3)c3ccccc34)C[C@@H]2CC[C@@H]1OCc1ccccc1. The van der Waals surface area contributed by atoms with Gasteiger partial charge in [-0.05, 0) is 66.8 Å². The number of piperidine rings is 1. The quantitative estimate of drug-likeness (QED) is 0.388. The Kier molecular flexibility index (Phi) is 6.92. The van der Waals surface area contributed by atoms with Gasteiger partial charge in [0, 0.05) is 18.3 Å². The molecule has 0 N–H and O–H groups in total. The van der Waals surface area contributed by atoms with Crippen LogP contribution in [0.15, 0.2) is 84.9 Å². The number of amides is 1. The highest BCUT2D eigenvalue weighted by molar-refractivity contribution is 6.09. The summed E-state index contributed by atoms with van der Waals surface area (Å²) in [6.45, 7) is 2.88. The molecule has 2 saturated heterocycles. The van der Waals surface area contributed by atoms with Gasteiger partial charge in [0.15, 0.2) is 0 Å². The van der Waals surface area contributed by atoms with Crippen LogP contribution in [0.3, 0.4) is 0 Å². The standard InChI is InChI=1S/C35H38N2O4/c1-40-33(38)32-27-20-31-35(28-14-8-9-15-29(28)37(34(35)39)21-24-10-4-2-5-11-24)18-19-36(31)22-26(27)16-17-30(32)41-23-25-12-6-3-7-13-25/h2-15,26-27,30-32H,16-23H2,1H3/t26-,27-,30-,31-,32+,35-/m0/s1. The summed E-state index contributed by atoms with van der Waals surface area (Å²) in [5, 5.41) is 0. The maximum absolute atomic E-state index is 14.6. The van der Waals surface area contributed by atoms with Crippen molar-refractivity contribution in [2.45, 2.75) is 56.4 Å². The van der Waals surface area contributed by atoms with Crippen LogP contribution in [-0.2, 0) is 37.6 Å². The van der Waals surface area contributed by atoms with Gasteiger partial charge in [-0.1, -0.05) is 78.9 Å². The van der Waals surface area contributed by atoms with Crippen LogP contribution in [0.25, 0.3) is 0 Å². The van der Waals surface area contributed by atoms with E-state index < -0.39 is 5.41 Å². The Labute approximate surface area is 242 Å². The van der Waals surface area contributed by atoms with E-state index in [-0.39, 0.29) is 35.9 Å². The minimum atomic E-state index is -0.588. The summed E-state index contributed by atoms with van der Waals surface area (Å²) in [7, 11) is 1.49. The molecular weight excluding hydrogens is 512 g/mol. The molecule has 3 fully saturated rings. The van der Waals surface area contributed by atoms with E-state index in [4.69, 9.17) is 9.47 Å². The zero-order valence-corrected chi connectivity index (χ0v) is 23.7. The molecule has 41 heavy (non-hydrogen) atoms. The Balaban J connectivity index is 1.19. The Morgan fingerprint density at radius 2 is 1.63 bits per heavy atom. The number of hydrogen-bond donors (Lipinski definition) is 0. The fraction of sp³-hybridized carbons (Fsp3) is 0.429. The van der Waals surface area contributed by atoms with Gasteiger partial charge in [-0.2, -0.15) is 0 Å². The summed E-state index contributed by atoms with van der Waals surface area (Å²) < 4.78 is 11.9. The molecule has 3 aliphatic heterocycles. The second-order valence-electron chi connectivity index (χ2n) is 12.2. The minimum absolute atomic E-state index is 0.0539. The first-order valence-corrected chi connectivity index (χ1v) is 15.0. The van der Waals surface area contributed by atoms with Crippen LogP contribution in [-0.4, -0.2) is 49.1 Å². The average Bonchev–Trinajstić information content (AvgIpc) is 3.51. The van der Waals surface area contributed by atoms with Crippen molar-refractivity contribution in [3.63, 3.8) is 0 Å². The Hall–Kier alpha value is -3.48. The van der Waals surface area contributed by atoms with Crippen LogP contribution < -0.4 is 4.90 Å². The molecule has 6 nitrogen and oxygen atoms in total. The van der Waals surface area contributed by atoms with Crippen molar-refractivity contribution in [2.24, 2.45) is 17.8 Å². The molecule has 4 aliphatic rings. The van der Waals surface area contributed by atoms with Gasteiger partial charge in [0.2, 0.25) is 5.91 Å². The molecule has 0 unspecified atom stereocenters. The number of carbonyl (C=O) groups excluding carboxylic acids is 2. The van der Waals surface area contributed by atoms with E-state index in [2.05, 4.69) is 47.4 Å². The summed E-state index contributed by atoms with van der Waals surface area (Å²) in [5.74, 6) is 0.220. The molecule has 0 bridgehead atoms. The van der Waals surface area contributed by atoms with Gasteiger partial charge in [-0.25, -0.2) is 0 Å². The molecule has 3 aromatic carbocycles. The van der Waals surface area contributed by atoms with Crippen molar-refractivity contribution in [1.29, 1.82) is 0 Å². The fourth-order valence-corrected chi connectivity index (χ4v) is 8.45. The molecule has 3 aromatic rings. The van der Waals surface area contributed by atoms with Crippen molar-refractivity contribution in [1.82, 2.24) is 4.90 Å². The lowest BCUT2D eigenvalue weighted by Gasteiger charge is -2.50. The number of methoxy groups -OCH3 is 1. The number of ether oxygens (including phenoxy) is 2. The lowest BCUT2D eigenvalue weighted by molar-refractivity contribution is -0.165. The van der Waals surface area contributed by atoms with Crippen LogP contribution in [0.4, 0.5) is 5.69 Å². The van der Waals surface area contributed by atoms with E-state index >= 15 is 0 Å². The number of rotatable bonds is 6. The van der Waals surface area contributed by atoms with Crippen molar-refractivity contribution in [3.8, 4) is 0 Å². The van der Waals surface area contributed by atoms with Gasteiger partial charge in [-0.3, -0.25) is 14.5 Å². The molecule has 6 heteroatoms. The molecule has 1 spiro atoms. The molecule has 3 heterocycles. The maximum atomic E-state index is 14.6. The smallest absolute Gasteiger partial charge is 0.311 e. The zero-order valence-electron chi connectivity index (χ0n) is 23.7. The molecule has 1 amide bonds. The normalized spacial score (nSPS) is 30.6. The van der Waals surface area contributed by atoms with E-state index in [9.17, 15) is 9.59 Å². The largest absolute Gasteiger partial charge is 0.469 e. The molecule has 0 aromatic heterocycles. The summed E-state index contributed by atoms with van der Waals surface area (Å²) in [4.78, 5) is 32.5. The van der Waals surface area contributed by atoms with Crippen LogP contribution in [0.1, 0.15) is 42.4 Å². The van der Waals surface area contributed by atoms with Gasteiger partial charge in [0.1, 0.15) is 0 Å². The van der Waals surface area contributed by atoms with E-state index in [0.717, 1.165) is 61.2 Å². The number of hydrogen-bond acceptors (Lipinski definition) is 5. The van der Waals surface area contributed by atoms with Gasteiger partial charge < -0.3 is 14.4 Å². The summed E-state index contributed by atoms with van der Waals surface area (Å²) in [6, 6.07) is 28.8. The number of benzene rings is 3. The predicted molar refractivity (Wildman–Crippen MR) is 157 cm³/mol. The highest BCUT2D eigenvalue weighted by Crippen LogP contribution is 2.56. The van der Waals surface area contributed by atoms with Crippen LogP contribution in [0.2, 0.25) is 0 Å². The molecule has 6 atom stereocenters. The van der Waals surface area contributed by atoms with Crippen LogP contribution >= 0.6 is 0 Å². The second-order valence-corrected chi connectivity index (χ2v) is 12.2. The van der Waals surface area contributed by atoms with Crippen molar-refractivity contribution in [2.75, 3.05) is 25.1 Å². The molecule has 1 aliphatic carbocycles. The first kappa shape index (κ1) is 26.4. The molecular formula is C35H38N2O4. The van der Waals surface area contributed by atoms with Gasteiger partial charge in [0.25, 0.3) is 0 Å². The monoisotopic (exact) mass is 550 g/mol. The van der Waals surface area contributed by atoms with E-state index in [1.54, 1.807) is 0 Å². The summed E-state index contributed by atoms with van der Waals surface area (Å²) in [5.41, 5.74) is 3.82. The van der Waals surface area contributed by atoms with Crippen molar-refractivity contribution in [3.05, 3.63) is 102 Å². The average molecular weight is 551 g/mol. The molecule has 0 radical (unpaired) electrons. The number of anilines is 1.